The number of benzene rings is 3. The van der Waals surface area contributed by atoms with Gasteiger partial charge in [-0.2, -0.15) is 4.99 Å². The molecular formula is C34H31N3O3S. The Bertz CT molecular complexity index is 1800. The minimum absolute atomic E-state index is 0.0236. The van der Waals surface area contributed by atoms with Crippen LogP contribution in [-0.4, -0.2) is 49.6 Å². The van der Waals surface area contributed by atoms with Gasteiger partial charge in [0.05, 0.1) is 27.6 Å². The molecule has 1 saturated carbocycles. The molecule has 7 heteroatoms. The van der Waals surface area contributed by atoms with E-state index < -0.39 is 11.0 Å². The molecule has 3 heterocycles. The number of aliphatic imine (C=N–C) groups is 1. The average Bonchev–Trinajstić information content (AvgIpc) is 3.65. The van der Waals surface area contributed by atoms with Crippen LogP contribution in [0.4, 0.5) is 5.69 Å². The quantitative estimate of drug-likeness (QED) is 0.237. The van der Waals surface area contributed by atoms with Crippen molar-refractivity contribution in [2.24, 2.45) is 10.9 Å². The Balaban J connectivity index is 1.27. The van der Waals surface area contributed by atoms with Gasteiger partial charge in [-0.1, -0.05) is 36.4 Å². The van der Waals surface area contributed by atoms with Crippen molar-refractivity contribution in [1.82, 2.24) is 9.47 Å². The van der Waals surface area contributed by atoms with Gasteiger partial charge in [0.2, 0.25) is 0 Å². The van der Waals surface area contributed by atoms with E-state index in [0.717, 1.165) is 59.9 Å². The lowest BCUT2D eigenvalue weighted by Crippen LogP contribution is -2.74. The summed E-state index contributed by atoms with van der Waals surface area (Å²) in [6, 6.07) is 20.6. The fraction of sp³-hybridized carbons (Fsp3) is 0.382. The van der Waals surface area contributed by atoms with E-state index in [1.165, 1.54) is 29.4 Å². The first kappa shape index (κ1) is 24.2. The van der Waals surface area contributed by atoms with Crippen LogP contribution in [0.15, 0.2) is 65.7 Å². The molecule has 2 aliphatic heterocycles. The number of hydrogen-bond acceptors (Lipinski definition) is 6. The number of nitrogens with zero attached hydrogens (tertiary/aromatic N) is 3. The molecule has 41 heavy (non-hydrogen) atoms. The van der Waals surface area contributed by atoms with Crippen LogP contribution in [0.5, 0.6) is 11.5 Å². The molecule has 0 amide bonds. The second-order valence-electron chi connectivity index (χ2n) is 12.8. The van der Waals surface area contributed by atoms with Gasteiger partial charge in [-0.15, -0.1) is 0 Å². The number of phenols is 1. The number of likely N-dealkylation sites (tertiary alicyclic amines) is 1. The molecule has 9 rings (SSSR count). The summed E-state index contributed by atoms with van der Waals surface area (Å²) in [4.78, 5) is 6.70. The number of para-hydroxylation sites is 1. The molecule has 3 aliphatic carbocycles. The zero-order valence-corrected chi connectivity index (χ0v) is 23.5. The lowest BCUT2D eigenvalue weighted by molar-refractivity contribution is -0.173. The number of thiocarbonyl (C=S) groups is 1. The highest BCUT2D eigenvalue weighted by Crippen LogP contribution is 2.69. The molecule has 2 fully saturated rings. The van der Waals surface area contributed by atoms with Crippen LogP contribution >= 0.6 is 12.2 Å². The number of phenolic OH excluding ortho intramolecular Hbond substituents is 1. The molecule has 0 radical (unpaired) electrons. The van der Waals surface area contributed by atoms with Gasteiger partial charge in [-0.05, 0) is 91.3 Å². The lowest BCUT2D eigenvalue weighted by atomic mass is 9.49. The molecule has 6 nitrogen and oxygen atoms in total. The Hall–Kier alpha value is -3.48. The van der Waals surface area contributed by atoms with E-state index in [0.29, 0.717) is 18.7 Å². The van der Waals surface area contributed by atoms with E-state index in [9.17, 15) is 10.2 Å². The molecule has 2 N–H and O–H groups in total. The number of isothiocyanates is 1. The van der Waals surface area contributed by atoms with Crippen LogP contribution in [-0.2, 0) is 24.8 Å². The number of ether oxygens (including phenoxy) is 1. The van der Waals surface area contributed by atoms with E-state index >= 15 is 0 Å². The number of hydrogen-bond donors (Lipinski definition) is 2. The first-order valence-electron chi connectivity index (χ1n) is 14.8. The zero-order chi connectivity index (χ0) is 27.5. The second kappa shape index (κ2) is 8.30. The number of piperidine rings is 1. The largest absolute Gasteiger partial charge is 0.504 e. The van der Waals surface area contributed by atoms with Gasteiger partial charge >= 0.3 is 0 Å². The molecule has 3 aromatic carbocycles. The van der Waals surface area contributed by atoms with Gasteiger partial charge in [0.1, 0.15) is 0 Å². The third-order valence-corrected chi connectivity index (χ3v) is 10.9. The smallest absolute Gasteiger partial charge is 0.166 e. The van der Waals surface area contributed by atoms with Crippen LogP contribution in [0.2, 0.25) is 0 Å². The van der Waals surface area contributed by atoms with Crippen molar-refractivity contribution in [3.8, 4) is 11.5 Å². The van der Waals surface area contributed by atoms with E-state index in [4.69, 9.17) is 17.0 Å². The standard InChI is InChI=1S/C34H31N3O3S/c38-27-12-9-22-15-28-34(39)16-25-24-3-1-2-4-26(24)37(18-21-7-10-23(11-8-21)35-19-41)30(25)32-33(34,29(22)31(27)40-32)13-14-36(28)17-20-5-6-20/h1-4,7-12,20,28,32,38-39H,5-6,13-18H2/t28-,32+,33+,34-/m1/s1. The number of aliphatic hydroxyl groups is 1. The van der Waals surface area contributed by atoms with Crippen molar-refractivity contribution in [3.05, 3.63) is 88.6 Å². The van der Waals surface area contributed by atoms with Crippen molar-refractivity contribution >= 4 is 34.0 Å². The van der Waals surface area contributed by atoms with Gasteiger partial charge in [0.25, 0.3) is 0 Å². The summed E-state index contributed by atoms with van der Waals surface area (Å²) in [6.07, 6.45) is 4.39. The fourth-order valence-electron chi connectivity index (χ4n) is 8.88. The van der Waals surface area contributed by atoms with Gasteiger partial charge in [0.15, 0.2) is 17.6 Å². The van der Waals surface area contributed by atoms with Crippen LogP contribution in [0.25, 0.3) is 10.9 Å². The van der Waals surface area contributed by atoms with Gasteiger partial charge in [0, 0.05) is 42.0 Å². The van der Waals surface area contributed by atoms with E-state index in [1.54, 1.807) is 6.07 Å². The molecule has 0 unspecified atom stereocenters. The van der Waals surface area contributed by atoms with E-state index in [1.807, 2.05) is 12.1 Å². The average molecular weight is 562 g/mol. The second-order valence-corrected chi connectivity index (χ2v) is 12.9. The first-order chi connectivity index (χ1) is 20.0. The number of aromatic hydroxyl groups is 1. The third-order valence-electron chi connectivity index (χ3n) is 10.8. The van der Waals surface area contributed by atoms with Crippen molar-refractivity contribution in [1.29, 1.82) is 0 Å². The minimum Gasteiger partial charge on any atom is -0.504 e. The van der Waals surface area contributed by atoms with Gasteiger partial charge in [-0.25, -0.2) is 0 Å². The first-order valence-corrected chi connectivity index (χ1v) is 15.2. The molecule has 206 valence electrons. The summed E-state index contributed by atoms with van der Waals surface area (Å²) < 4.78 is 9.30. The van der Waals surface area contributed by atoms with Gasteiger partial charge in [-0.3, -0.25) is 4.90 Å². The van der Waals surface area contributed by atoms with Crippen molar-refractivity contribution in [2.45, 2.75) is 61.8 Å². The predicted molar refractivity (Wildman–Crippen MR) is 160 cm³/mol. The number of aromatic nitrogens is 1. The zero-order valence-electron chi connectivity index (χ0n) is 22.7. The van der Waals surface area contributed by atoms with Crippen LogP contribution < -0.4 is 4.74 Å². The highest BCUT2D eigenvalue weighted by molar-refractivity contribution is 7.78. The number of rotatable bonds is 5. The van der Waals surface area contributed by atoms with E-state index in [-0.39, 0.29) is 17.9 Å². The topological polar surface area (TPSA) is 70.2 Å². The van der Waals surface area contributed by atoms with Crippen LogP contribution in [0.1, 0.15) is 53.3 Å². The highest BCUT2D eigenvalue weighted by Gasteiger charge is 2.73. The Morgan fingerprint density at radius 1 is 1.07 bits per heavy atom. The molecule has 4 atom stereocenters. The highest BCUT2D eigenvalue weighted by atomic mass is 32.1. The summed E-state index contributed by atoms with van der Waals surface area (Å²) >= 11 is 4.78. The minimum atomic E-state index is -0.987. The Morgan fingerprint density at radius 2 is 1.90 bits per heavy atom. The molecule has 4 aromatic rings. The molecule has 1 aromatic heterocycles. The van der Waals surface area contributed by atoms with Crippen molar-refractivity contribution < 1.29 is 14.9 Å². The van der Waals surface area contributed by atoms with Crippen LogP contribution in [0, 0.1) is 5.92 Å². The molecule has 1 spiro atoms. The summed E-state index contributed by atoms with van der Waals surface area (Å²) in [6.45, 7) is 2.67. The maximum atomic E-state index is 13.2. The van der Waals surface area contributed by atoms with Crippen molar-refractivity contribution in [3.63, 3.8) is 0 Å². The summed E-state index contributed by atoms with van der Waals surface area (Å²) in [5.41, 5.74) is 6.08. The number of fused-ring (bicyclic) bond motifs is 4. The van der Waals surface area contributed by atoms with Crippen LogP contribution in [0.3, 0.4) is 0 Å². The van der Waals surface area contributed by atoms with E-state index in [2.05, 4.69) is 62.1 Å². The van der Waals surface area contributed by atoms with Gasteiger partial charge < -0.3 is 19.5 Å². The Morgan fingerprint density at radius 3 is 2.71 bits per heavy atom. The molecule has 2 bridgehead atoms. The predicted octanol–water partition coefficient (Wildman–Crippen LogP) is 5.83. The molecular weight excluding hydrogens is 530 g/mol. The maximum absolute atomic E-state index is 13.2. The summed E-state index contributed by atoms with van der Waals surface area (Å²) in [5, 5.41) is 27.9. The SMILES string of the molecule is Oc1ccc2c3c1O[C@H]1c4c(c5ccccc5n4Cc4ccc(N=C=S)cc4)C[C@@]4(O)[C@@H](C2)N(CC2CC2)CC[C@]314. The lowest BCUT2D eigenvalue weighted by Gasteiger charge is -2.63. The summed E-state index contributed by atoms with van der Waals surface area (Å²) in [5.74, 6) is 1.50. The third kappa shape index (κ3) is 3.10. The molecule has 5 aliphatic rings. The Kier molecular flexibility index (Phi) is 4.89. The normalized spacial score (nSPS) is 29.0. The Labute approximate surface area is 243 Å². The van der Waals surface area contributed by atoms with Crippen molar-refractivity contribution in [2.75, 3.05) is 13.1 Å². The summed E-state index contributed by atoms with van der Waals surface area (Å²) in [7, 11) is 0. The maximum Gasteiger partial charge on any atom is 0.166 e. The molecule has 1 saturated heterocycles. The monoisotopic (exact) mass is 561 g/mol. The fourth-order valence-corrected chi connectivity index (χ4v) is 8.99.